The summed E-state index contributed by atoms with van der Waals surface area (Å²) in [5, 5.41) is 13.8. The first-order valence-electron chi connectivity index (χ1n) is 9.68. The Morgan fingerprint density at radius 2 is 1.55 bits per heavy atom. The Labute approximate surface area is 181 Å². The fourth-order valence-electron chi connectivity index (χ4n) is 3.64. The van der Waals surface area contributed by atoms with Crippen LogP contribution in [0, 0.1) is 0 Å². The van der Waals surface area contributed by atoms with Gasteiger partial charge in [0.1, 0.15) is 5.01 Å². The second kappa shape index (κ2) is 7.73. The van der Waals surface area contributed by atoms with Gasteiger partial charge in [-0.3, -0.25) is 24.6 Å². The molecule has 0 saturated heterocycles. The predicted molar refractivity (Wildman–Crippen MR) is 117 cm³/mol. The molecule has 0 spiro atoms. The number of carbonyl (C=O) groups is 3. The molecule has 31 heavy (non-hydrogen) atoms. The molecule has 0 aliphatic carbocycles. The van der Waals surface area contributed by atoms with Gasteiger partial charge < -0.3 is 0 Å². The molecule has 5 rings (SSSR count). The second-order valence-corrected chi connectivity index (χ2v) is 8.10. The first kappa shape index (κ1) is 19.1. The maximum absolute atomic E-state index is 12.7. The van der Waals surface area contributed by atoms with Crippen LogP contribution in [0.2, 0.25) is 0 Å². The van der Waals surface area contributed by atoms with Crippen molar-refractivity contribution in [2.75, 3.05) is 11.9 Å². The van der Waals surface area contributed by atoms with Gasteiger partial charge in [0.15, 0.2) is 0 Å². The van der Waals surface area contributed by atoms with Crippen molar-refractivity contribution in [2.24, 2.45) is 0 Å². The number of carbonyl (C=O) groups excluding carboxylic acids is 3. The summed E-state index contributed by atoms with van der Waals surface area (Å²) in [7, 11) is 0. The highest BCUT2D eigenvalue weighted by molar-refractivity contribution is 7.15. The van der Waals surface area contributed by atoms with E-state index >= 15 is 0 Å². The van der Waals surface area contributed by atoms with Gasteiger partial charge in [-0.1, -0.05) is 59.9 Å². The first-order valence-corrected chi connectivity index (χ1v) is 10.5. The molecule has 0 bridgehead atoms. The SMILES string of the molecule is O=C(Nc1nnc(CCN2C(=O)c3ccccc3C2=O)s1)c1cccc2ccccc12. The minimum atomic E-state index is -0.297. The molecule has 1 aliphatic heterocycles. The van der Waals surface area contributed by atoms with Crippen LogP contribution < -0.4 is 5.32 Å². The summed E-state index contributed by atoms with van der Waals surface area (Å²) in [5.74, 6) is -0.857. The first-order chi connectivity index (χ1) is 15.1. The van der Waals surface area contributed by atoms with Crippen molar-refractivity contribution in [1.29, 1.82) is 0 Å². The van der Waals surface area contributed by atoms with Gasteiger partial charge in [0.2, 0.25) is 5.13 Å². The van der Waals surface area contributed by atoms with E-state index in [9.17, 15) is 14.4 Å². The zero-order chi connectivity index (χ0) is 21.4. The summed E-state index contributed by atoms with van der Waals surface area (Å²) in [6.45, 7) is 0.207. The zero-order valence-electron chi connectivity index (χ0n) is 16.2. The maximum atomic E-state index is 12.7. The number of benzene rings is 3. The molecular weight excluding hydrogens is 412 g/mol. The van der Waals surface area contributed by atoms with E-state index in [1.807, 2.05) is 36.4 Å². The molecule has 152 valence electrons. The number of rotatable bonds is 5. The lowest BCUT2D eigenvalue weighted by Crippen LogP contribution is -2.31. The van der Waals surface area contributed by atoms with Crippen LogP contribution >= 0.6 is 11.3 Å². The van der Waals surface area contributed by atoms with E-state index in [1.54, 1.807) is 30.3 Å². The van der Waals surface area contributed by atoms with E-state index in [1.165, 1.54) is 16.2 Å². The quantitative estimate of drug-likeness (QED) is 0.489. The lowest BCUT2D eigenvalue weighted by molar-refractivity contribution is 0.0655. The summed E-state index contributed by atoms with van der Waals surface area (Å²) in [4.78, 5) is 38.9. The Bertz CT molecular complexity index is 1310. The Kier molecular flexibility index (Phi) is 4.76. The van der Waals surface area contributed by atoms with E-state index in [0.29, 0.717) is 33.3 Å². The number of aromatic nitrogens is 2. The molecule has 0 radical (unpaired) electrons. The molecule has 8 heteroatoms. The van der Waals surface area contributed by atoms with Crippen LogP contribution in [0.1, 0.15) is 36.1 Å². The number of anilines is 1. The Balaban J connectivity index is 1.26. The van der Waals surface area contributed by atoms with Gasteiger partial charge in [0.25, 0.3) is 17.7 Å². The van der Waals surface area contributed by atoms with E-state index < -0.39 is 0 Å². The van der Waals surface area contributed by atoms with Crippen molar-refractivity contribution in [3.05, 3.63) is 88.4 Å². The minimum Gasteiger partial charge on any atom is -0.296 e. The predicted octanol–water partition coefficient (Wildman–Crippen LogP) is 3.78. The fraction of sp³-hybridized carbons (Fsp3) is 0.0870. The monoisotopic (exact) mass is 428 g/mol. The molecule has 3 amide bonds. The lowest BCUT2D eigenvalue weighted by Gasteiger charge is -2.12. The Morgan fingerprint density at radius 3 is 2.32 bits per heavy atom. The summed E-state index contributed by atoms with van der Waals surface area (Å²) < 4.78 is 0. The van der Waals surface area contributed by atoms with E-state index in [4.69, 9.17) is 0 Å². The number of imide groups is 1. The Hall–Kier alpha value is -3.91. The molecule has 2 heterocycles. The third-order valence-corrected chi connectivity index (χ3v) is 6.05. The molecule has 1 N–H and O–H groups in total. The van der Waals surface area contributed by atoms with Gasteiger partial charge >= 0.3 is 0 Å². The molecular formula is C23H16N4O3S. The van der Waals surface area contributed by atoms with Crippen LogP contribution in [-0.4, -0.2) is 39.4 Å². The summed E-state index contributed by atoms with van der Waals surface area (Å²) in [6, 6.07) is 20.0. The molecule has 3 aromatic carbocycles. The number of amides is 3. The van der Waals surface area contributed by atoms with E-state index in [2.05, 4.69) is 15.5 Å². The number of nitrogens with zero attached hydrogens (tertiary/aromatic N) is 3. The van der Waals surface area contributed by atoms with Gasteiger partial charge in [0.05, 0.1) is 11.1 Å². The third kappa shape index (κ3) is 3.47. The second-order valence-electron chi connectivity index (χ2n) is 7.04. The van der Waals surface area contributed by atoms with Crippen molar-refractivity contribution >= 4 is 45.0 Å². The van der Waals surface area contributed by atoms with Crippen LogP contribution in [0.4, 0.5) is 5.13 Å². The summed E-state index contributed by atoms with van der Waals surface area (Å²) >= 11 is 1.23. The van der Waals surface area contributed by atoms with Crippen molar-refractivity contribution in [1.82, 2.24) is 15.1 Å². The van der Waals surface area contributed by atoms with Gasteiger partial charge in [0, 0.05) is 18.5 Å². The fourth-order valence-corrected chi connectivity index (χ4v) is 4.37. The number of nitrogens with one attached hydrogen (secondary N) is 1. The van der Waals surface area contributed by atoms with Crippen molar-refractivity contribution in [2.45, 2.75) is 6.42 Å². The molecule has 0 unspecified atom stereocenters. The zero-order valence-corrected chi connectivity index (χ0v) is 17.1. The van der Waals surface area contributed by atoms with Crippen LogP contribution in [0.5, 0.6) is 0 Å². The summed E-state index contributed by atoms with van der Waals surface area (Å²) in [6.07, 6.45) is 0.368. The van der Waals surface area contributed by atoms with Gasteiger partial charge in [-0.15, -0.1) is 10.2 Å². The maximum Gasteiger partial charge on any atom is 0.261 e. The average molecular weight is 428 g/mol. The highest BCUT2D eigenvalue weighted by atomic mass is 32.1. The summed E-state index contributed by atoms with van der Waals surface area (Å²) in [5.41, 5.74) is 1.40. The smallest absolute Gasteiger partial charge is 0.261 e. The molecule has 4 aromatic rings. The highest BCUT2D eigenvalue weighted by Crippen LogP contribution is 2.24. The molecule has 0 fully saturated rings. The lowest BCUT2D eigenvalue weighted by atomic mass is 10.0. The standard InChI is InChI=1S/C23H16N4O3S/c28-20(16-11-5-7-14-6-1-2-8-15(14)16)24-23-26-25-19(31-23)12-13-27-21(29)17-9-3-4-10-18(17)22(27)30/h1-11H,12-13H2,(H,24,26,28). The number of hydrogen-bond acceptors (Lipinski definition) is 6. The normalized spacial score (nSPS) is 13.0. The van der Waals surface area contributed by atoms with Crippen LogP contribution in [0.15, 0.2) is 66.7 Å². The van der Waals surface area contributed by atoms with Crippen LogP contribution in [0.25, 0.3) is 10.8 Å². The molecule has 1 aromatic heterocycles. The van der Waals surface area contributed by atoms with Crippen molar-refractivity contribution in [3.8, 4) is 0 Å². The number of hydrogen-bond donors (Lipinski definition) is 1. The highest BCUT2D eigenvalue weighted by Gasteiger charge is 2.34. The van der Waals surface area contributed by atoms with Crippen molar-refractivity contribution < 1.29 is 14.4 Å². The largest absolute Gasteiger partial charge is 0.296 e. The van der Waals surface area contributed by atoms with Gasteiger partial charge in [-0.2, -0.15) is 0 Å². The minimum absolute atomic E-state index is 0.207. The van der Waals surface area contributed by atoms with E-state index in [-0.39, 0.29) is 24.3 Å². The molecule has 1 aliphatic rings. The van der Waals surface area contributed by atoms with Crippen LogP contribution in [0.3, 0.4) is 0 Å². The van der Waals surface area contributed by atoms with Gasteiger partial charge in [-0.05, 0) is 29.0 Å². The van der Waals surface area contributed by atoms with E-state index in [0.717, 1.165) is 10.8 Å². The third-order valence-electron chi connectivity index (χ3n) is 5.15. The molecule has 0 saturated carbocycles. The van der Waals surface area contributed by atoms with Gasteiger partial charge in [-0.25, -0.2) is 0 Å². The topological polar surface area (TPSA) is 92.3 Å². The van der Waals surface area contributed by atoms with Crippen molar-refractivity contribution in [3.63, 3.8) is 0 Å². The number of fused-ring (bicyclic) bond motifs is 2. The van der Waals surface area contributed by atoms with Crippen LogP contribution in [-0.2, 0) is 6.42 Å². The average Bonchev–Trinajstić information content (AvgIpc) is 3.34. The Morgan fingerprint density at radius 1 is 0.871 bits per heavy atom. The molecule has 0 atom stereocenters. The molecule has 7 nitrogen and oxygen atoms in total.